The van der Waals surface area contributed by atoms with E-state index < -0.39 is 6.10 Å². The van der Waals surface area contributed by atoms with Crippen molar-refractivity contribution in [1.82, 2.24) is 0 Å². The molecule has 6 nitrogen and oxygen atoms in total. The molecule has 0 bridgehead atoms. The summed E-state index contributed by atoms with van der Waals surface area (Å²) in [6.07, 6.45) is 76.2. The summed E-state index contributed by atoms with van der Waals surface area (Å²) < 4.78 is 16.8. The van der Waals surface area contributed by atoms with Crippen LogP contribution in [0.5, 0.6) is 0 Å². The van der Waals surface area contributed by atoms with Gasteiger partial charge in [-0.05, 0) is 89.9 Å². The Balaban J connectivity index is 4.05. The summed E-state index contributed by atoms with van der Waals surface area (Å²) in [5.41, 5.74) is 0. The minimum atomic E-state index is -0.777. The maximum Gasteiger partial charge on any atom is 0.306 e. The molecule has 1 atom stereocenters. The Bertz CT molecular complexity index is 1350. The van der Waals surface area contributed by atoms with Crippen molar-refractivity contribution in [1.29, 1.82) is 0 Å². The summed E-state index contributed by atoms with van der Waals surface area (Å²) >= 11 is 0. The normalized spacial score (nSPS) is 12.7. The number of rotatable bonds is 53. The van der Waals surface area contributed by atoms with Crippen LogP contribution in [0.15, 0.2) is 85.1 Å². The molecule has 0 rings (SSSR count). The molecule has 402 valence electrons. The third-order valence-corrected chi connectivity index (χ3v) is 12.6. The number of ether oxygens (including phenoxy) is 3. The molecule has 0 aromatic heterocycles. The van der Waals surface area contributed by atoms with Gasteiger partial charge in [0, 0.05) is 19.3 Å². The number of allylic oxidation sites excluding steroid dienone is 14. The highest BCUT2D eigenvalue weighted by atomic mass is 16.6. The molecule has 0 aliphatic carbocycles. The lowest BCUT2D eigenvalue weighted by molar-refractivity contribution is -0.167. The van der Waals surface area contributed by atoms with Crippen LogP contribution in [0.2, 0.25) is 0 Å². The average Bonchev–Trinajstić information content (AvgIpc) is 3.36. The molecule has 0 fully saturated rings. The zero-order valence-corrected chi connectivity index (χ0v) is 46.0. The first-order valence-corrected chi connectivity index (χ1v) is 29.6. The monoisotopic (exact) mass is 975 g/mol. The molecule has 0 aromatic carbocycles. The van der Waals surface area contributed by atoms with Gasteiger partial charge >= 0.3 is 17.9 Å². The van der Waals surface area contributed by atoms with Crippen LogP contribution in [0.4, 0.5) is 0 Å². The molecule has 6 heteroatoms. The van der Waals surface area contributed by atoms with Crippen LogP contribution in [0.3, 0.4) is 0 Å². The van der Waals surface area contributed by atoms with E-state index in [-0.39, 0.29) is 31.1 Å². The minimum absolute atomic E-state index is 0.0782. The lowest BCUT2D eigenvalue weighted by Crippen LogP contribution is -2.30. The summed E-state index contributed by atoms with van der Waals surface area (Å²) in [5, 5.41) is 0. The maximum absolute atomic E-state index is 12.8. The van der Waals surface area contributed by atoms with Crippen molar-refractivity contribution in [2.24, 2.45) is 0 Å². The fourth-order valence-electron chi connectivity index (χ4n) is 8.27. The topological polar surface area (TPSA) is 78.9 Å². The standard InChI is InChI=1S/C64H110O6/c1-4-7-10-13-16-18-20-22-24-26-27-28-29-30-31-32-33-34-35-36-37-39-40-42-44-46-48-51-54-57-63(66)69-60-61(59-68-62(65)56-53-50-15-12-9-6-3)70-64(67)58-55-52-49-47-45-43-41-38-25-23-21-19-17-14-11-8-5-2/h7-8,10-11,16-19,22-25,27-28,61H,4-6,9,12-15,20-21,26,29-60H2,1-3H3/b10-7-,11-8-,18-16-,19-17-,24-22-,25-23-,28-27-. The van der Waals surface area contributed by atoms with Gasteiger partial charge in [0.1, 0.15) is 13.2 Å². The Morgan fingerprint density at radius 3 is 0.871 bits per heavy atom. The van der Waals surface area contributed by atoms with E-state index in [1.54, 1.807) is 0 Å². The summed E-state index contributed by atoms with van der Waals surface area (Å²) in [5.74, 6) is -0.891. The van der Waals surface area contributed by atoms with Gasteiger partial charge < -0.3 is 14.2 Å². The van der Waals surface area contributed by atoms with E-state index in [9.17, 15) is 14.4 Å². The van der Waals surface area contributed by atoms with Crippen molar-refractivity contribution in [3.8, 4) is 0 Å². The molecule has 0 aliphatic rings. The first-order chi connectivity index (χ1) is 34.5. The molecule has 0 saturated heterocycles. The van der Waals surface area contributed by atoms with E-state index in [1.165, 1.54) is 135 Å². The third-order valence-electron chi connectivity index (χ3n) is 12.6. The molecule has 0 spiro atoms. The van der Waals surface area contributed by atoms with Gasteiger partial charge in [-0.15, -0.1) is 0 Å². The second-order valence-corrected chi connectivity index (χ2v) is 19.5. The molecule has 0 aliphatic heterocycles. The zero-order valence-electron chi connectivity index (χ0n) is 46.0. The quantitative estimate of drug-likeness (QED) is 0.0261. The van der Waals surface area contributed by atoms with Crippen LogP contribution in [0.1, 0.15) is 284 Å². The number of unbranched alkanes of at least 4 members (excludes halogenated alkanes) is 28. The maximum atomic E-state index is 12.8. The number of hydrogen-bond acceptors (Lipinski definition) is 6. The Morgan fingerprint density at radius 1 is 0.300 bits per heavy atom. The molecular weight excluding hydrogens is 865 g/mol. The summed E-state index contributed by atoms with van der Waals surface area (Å²) in [4.78, 5) is 37.9. The summed E-state index contributed by atoms with van der Waals surface area (Å²) in [6.45, 7) is 6.37. The van der Waals surface area contributed by atoms with Crippen LogP contribution in [0, 0.1) is 0 Å². The van der Waals surface area contributed by atoms with Crippen molar-refractivity contribution in [2.75, 3.05) is 13.2 Å². The number of esters is 3. The molecule has 0 aromatic rings. The minimum Gasteiger partial charge on any atom is -0.462 e. The van der Waals surface area contributed by atoms with Gasteiger partial charge in [0.05, 0.1) is 0 Å². The Hall–Kier alpha value is -3.41. The van der Waals surface area contributed by atoms with Crippen molar-refractivity contribution < 1.29 is 28.6 Å². The van der Waals surface area contributed by atoms with Gasteiger partial charge in [-0.3, -0.25) is 14.4 Å². The van der Waals surface area contributed by atoms with Crippen LogP contribution in [-0.4, -0.2) is 37.2 Å². The van der Waals surface area contributed by atoms with E-state index in [0.717, 1.165) is 109 Å². The largest absolute Gasteiger partial charge is 0.462 e. The first-order valence-electron chi connectivity index (χ1n) is 29.6. The van der Waals surface area contributed by atoms with E-state index in [2.05, 4.69) is 106 Å². The van der Waals surface area contributed by atoms with Crippen LogP contribution < -0.4 is 0 Å². The van der Waals surface area contributed by atoms with E-state index in [0.29, 0.717) is 19.3 Å². The molecule has 0 saturated carbocycles. The first kappa shape index (κ1) is 66.6. The lowest BCUT2D eigenvalue weighted by Gasteiger charge is -2.18. The average molecular weight is 976 g/mol. The fourth-order valence-corrected chi connectivity index (χ4v) is 8.27. The van der Waals surface area contributed by atoms with Gasteiger partial charge in [0.25, 0.3) is 0 Å². The Kier molecular flexibility index (Phi) is 55.3. The van der Waals surface area contributed by atoms with E-state index in [1.807, 2.05) is 0 Å². The highest BCUT2D eigenvalue weighted by Gasteiger charge is 2.19. The van der Waals surface area contributed by atoms with E-state index in [4.69, 9.17) is 14.2 Å². The molecule has 0 radical (unpaired) electrons. The number of hydrogen-bond donors (Lipinski definition) is 0. The van der Waals surface area contributed by atoms with Gasteiger partial charge in [0.2, 0.25) is 0 Å². The van der Waals surface area contributed by atoms with Crippen LogP contribution in [-0.2, 0) is 28.6 Å². The highest BCUT2D eigenvalue weighted by molar-refractivity contribution is 5.71. The number of carbonyl (C=O) groups is 3. The number of carbonyl (C=O) groups excluding carboxylic acids is 3. The second-order valence-electron chi connectivity index (χ2n) is 19.5. The van der Waals surface area contributed by atoms with E-state index >= 15 is 0 Å². The molecule has 70 heavy (non-hydrogen) atoms. The molecule has 1 unspecified atom stereocenters. The predicted octanol–water partition coefficient (Wildman–Crippen LogP) is 19.9. The molecule has 0 heterocycles. The lowest BCUT2D eigenvalue weighted by atomic mass is 10.0. The Morgan fingerprint density at radius 2 is 0.557 bits per heavy atom. The Labute approximate surface area is 433 Å². The fraction of sp³-hybridized carbons (Fsp3) is 0.734. The summed E-state index contributed by atoms with van der Waals surface area (Å²) in [6, 6.07) is 0. The second kappa shape index (κ2) is 58.2. The SMILES string of the molecule is CC/C=C\C/C=C\C/C=C\C/C=C\CCCCCCCCCCCCCCCCCCC(=O)OCC(COC(=O)CCCCCCCC)OC(=O)CCCCCCCCC/C=C\C/C=C\C/C=C\CC. The van der Waals surface area contributed by atoms with Crippen LogP contribution in [0.25, 0.3) is 0 Å². The van der Waals surface area contributed by atoms with Crippen molar-refractivity contribution in [2.45, 2.75) is 290 Å². The molecular formula is C64H110O6. The van der Waals surface area contributed by atoms with Gasteiger partial charge in [-0.1, -0.05) is 260 Å². The van der Waals surface area contributed by atoms with Crippen molar-refractivity contribution in [3.05, 3.63) is 85.1 Å². The molecule has 0 amide bonds. The van der Waals surface area contributed by atoms with Gasteiger partial charge in [-0.25, -0.2) is 0 Å². The van der Waals surface area contributed by atoms with Crippen molar-refractivity contribution in [3.63, 3.8) is 0 Å². The predicted molar refractivity (Wildman–Crippen MR) is 302 cm³/mol. The van der Waals surface area contributed by atoms with Gasteiger partial charge in [-0.2, -0.15) is 0 Å². The third kappa shape index (κ3) is 55.5. The molecule has 0 N–H and O–H groups in total. The zero-order chi connectivity index (χ0) is 50.7. The van der Waals surface area contributed by atoms with Crippen molar-refractivity contribution >= 4 is 17.9 Å². The summed E-state index contributed by atoms with van der Waals surface area (Å²) in [7, 11) is 0. The van der Waals surface area contributed by atoms with Crippen LogP contribution >= 0.6 is 0 Å². The smallest absolute Gasteiger partial charge is 0.306 e. The highest BCUT2D eigenvalue weighted by Crippen LogP contribution is 2.16. The van der Waals surface area contributed by atoms with Gasteiger partial charge in [0.15, 0.2) is 6.10 Å².